The van der Waals surface area contributed by atoms with Gasteiger partial charge in [0.15, 0.2) is 0 Å². The van der Waals surface area contributed by atoms with Gasteiger partial charge in [0, 0.05) is 51.2 Å². The van der Waals surface area contributed by atoms with Gasteiger partial charge in [-0.3, -0.25) is 14.5 Å². The zero-order chi connectivity index (χ0) is 22.1. The van der Waals surface area contributed by atoms with Gasteiger partial charge in [0.05, 0.1) is 12.3 Å². The van der Waals surface area contributed by atoms with Crippen LogP contribution in [0.2, 0.25) is 0 Å². The maximum Gasteiger partial charge on any atom is 0.227 e. The van der Waals surface area contributed by atoms with E-state index in [1.807, 2.05) is 23.1 Å². The molecule has 2 aromatic carbocycles. The molecule has 0 N–H and O–H groups in total. The number of aryl methyl sites for hydroxylation is 1. The number of rotatable bonds is 5. The zero-order valence-electron chi connectivity index (χ0n) is 19.0. The van der Waals surface area contributed by atoms with Crippen molar-refractivity contribution in [3.8, 4) is 0 Å². The van der Waals surface area contributed by atoms with Crippen LogP contribution in [0.15, 0.2) is 54.6 Å². The van der Waals surface area contributed by atoms with Crippen molar-refractivity contribution in [3.05, 3.63) is 71.3 Å². The Kier molecular flexibility index (Phi) is 5.76. The first-order chi connectivity index (χ1) is 15.5. The Balaban J connectivity index is 1.28. The molecule has 1 unspecified atom stereocenters. The highest BCUT2D eigenvalue weighted by molar-refractivity contribution is 5.83. The van der Waals surface area contributed by atoms with E-state index in [-0.39, 0.29) is 17.2 Å². The highest BCUT2D eigenvalue weighted by atomic mass is 16.2. The van der Waals surface area contributed by atoms with Crippen LogP contribution in [0.3, 0.4) is 0 Å². The summed E-state index contributed by atoms with van der Waals surface area (Å²) in [5, 5.41) is 0. The lowest BCUT2D eigenvalue weighted by molar-refractivity contribution is -0.152. The van der Waals surface area contributed by atoms with Gasteiger partial charge in [-0.2, -0.15) is 0 Å². The van der Waals surface area contributed by atoms with Crippen LogP contribution in [-0.4, -0.2) is 65.8 Å². The minimum atomic E-state index is -0.0998. The topological polar surface area (TPSA) is 43.9 Å². The maximum absolute atomic E-state index is 13.4. The van der Waals surface area contributed by atoms with Crippen molar-refractivity contribution in [1.29, 1.82) is 0 Å². The number of nitrogens with zero attached hydrogens (tertiary/aromatic N) is 3. The molecule has 0 aromatic heterocycles. The highest BCUT2D eigenvalue weighted by Crippen LogP contribution is 2.45. The number of hydrogen-bond donors (Lipinski definition) is 0. The molecule has 1 spiro atoms. The average Bonchev–Trinajstić information content (AvgIpc) is 3.43. The Morgan fingerprint density at radius 1 is 0.875 bits per heavy atom. The van der Waals surface area contributed by atoms with E-state index in [2.05, 4.69) is 53.1 Å². The summed E-state index contributed by atoms with van der Waals surface area (Å²) < 4.78 is 0. The van der Waals surface area contributed by atoms with Gasteiger partial charge < -0.3 is 9.80 Å². The van der Waals surface area contributed by atoms with Gasteiger partial charge in [-0.25, -0.2) is 0 Å². The summed E-state index contributed by atoms with van der Waals surface area (Å²) in [5.41, 5.74) is 3.45. The molecule has 0 aliphatic carbocycles. The number of carbonyl (C=O) groups is 2. The van der Waals surface area contributed by atoms with Gasteiger partial charge >= 0.3 is 0 Å². The Morgan fingerprint density at radius 3 is 2.25 bits per heavy atom. The number of likely N-dealkylation sites (tertiary alicyclic amines) is 3. The fourth-order valence-electron chi connectivity index (χ4n) is 5.73. The number of benzene rings is 2. The van der Waals surface area contributed by atoms with Crippen molar-refractivity contribution < 1.29 is 9.59 Å². The van der Waals surface area contributed by atoms with E-state index in [1.165, 1.54) is 11.1 Å². The molecule has 5 heteroatoms. The third-order valence-electron chi connectivity index (χ3n) is 7.52. The fraction of sp³-hybridized carbons (Fsp3) is 0.481. The SMILES string of the molecule is Cc1ccc(CC(=O)N2CC3(CN(Cc4ccccc4)CC3C(=O)N3CCCC3)C2)cc1. The Bertz CT molecular complexity index is 960. The highest BCUT2D eigenvalue weighted by Gasteiger charge is 2.58. The van der Waals surface area contributed by atoms with E-state index in [9.17, 15) is 9.59 Å². The van der Waals surface area contributed by atoms with Crippen LogP contribution in [0.4, 0.5) is 0 Å². The maximum atomic E-state index is 13.4. The van der Waals surface area contributed by atoms with E-state index < -0.39 is 0 Å². The van der Waals surface area contributed by atoms with Crippen LogP contribution in [0.25, 0.3) is 0 Å². The Labute approximate surface area is 191 Å². The summed E-state index contributed by atoms with van der Waals surface area (Å²) in [6, 6.07) is 18.7. The summed E-state index contributed by atoms with van der Waals surface area (Å²) in [7, 11) is 0. The first kappa shape index (κ1) is 21.2. The fourth-order valence-corrected chi connectivity index (χ4v) is 5.73. The van der Waals surface area contributed by atoms with Crippen LogP contribution in [-0.2, 0) is 22.6 Å². The van der Waals surface area contributed by atoms with E-state index in [0.29, 0.717) is 25.4 Å². The molecule has 5 nitrogen and oxygen atoms in total. The van der Waals surface area contributed by atoms with Crippen LogP contribution < -0.4 is 0 Å². The predicted octanol–water partition coefficient (Wildman–Crippen LogP) is 3.12. The molecule has 5 rings (SSSR count). The first-order valence-corrected chi connectivity index (χ1v) is 11.9. The third kappa shape index (κ3) is 4.18. The molecular weight excluding hydrogens is 398 g/mol. The van der Waals surface area contributed by atoms with Crippen LogP contribution in [0.5, 0.6) is 0 Å². The van der Waals surface area contributed by atoms with Crippen LogP contribution in [0.1, 0.15) is 29.5 Å². The van der Waals surface area contributed by atoms with Crippen LogP contribution in [0, 0.1) is 18.3 Å². The van der Waals surface area contributed by atoms with Gasteiger partial charge in [0.2, 0.25) is 11.8 Å². The standard InChI is InChI=1S/C27H33N3O2/c1-21-9-11-22(12-10-21)15-25(31)30-19-27(20-30)18-28(16-23-7-3-2-4-8-23)17-24(27)26(32)29-13-5-6-14-29/h2-4,7-12,24H,5-6,13-20H2,1H3. The van der Waals surface area contributed by atoms with Crippen molar-refractivity contribution in [3.63, 3.8) is 0 Å². The summed E-state index contributed by atoms with van der Waals surface area (Å²) in [5.74, 6) is 0.477. The van der Waals surface area contributed by atoms with E-state index >= 15 is 0 Å². The molecule has 3 aliphatic rings. The van der Waals surface area contributed by atoms with Gasteiger partial charge in [-0.15, -0.1) is 0 Å². The summed E-state index contributed by atoms with van der Waals surface area (Å²) in [4.78, 5) is 32.9. The normalized spacial score (nSPS) is 22.3. The lowest BCUT2D eigenvalue weighted by Crippen LogP contribution is -2.64. The summed E-state index contributed by atoms with van der Waals surface area (Å²) in [6.45, 7) is 7.79. The van der Waals surface area contributed by atoms with Crippen molar-refractivity contribution in [1.82, 2.24) is 14.7 Å². The second-order valence-corrected chi connectivity index (χ2v) is 10.0. The molecule has 3 aliphatic heterocycles. The van der Waals surface area contributed by atoms with Crippen LogP contribution >= 0.6 is 0 Å². The van der Waals surface area contributed by atoms with Crippen molar-refractivity contribution in [2.45, 2.75) is 32.7 Å². The lowest BCUT2D eigenvalue weighted by Gasteiger charge is -2.51. The molecule has 3 fully saturated rings. The van der Waals surface area contributed by atoms with Gasteiger partial charge in [-0.1, -0.05) is 60.2 Å². The average molecular weight is 432 g/mol. The second kappa shape index (κ2) is 8.70. The van der Waals surface area contributed by atoms with Crippen molar-refractivity contribution in [2.75, 3.05) is 39.3 Å². The van der Waals surface area contributed by atoms with E-state index in [1.54, 1.807) is 0 Å². The van der Waals surface area contributed by atoms with Gasteiger partial charge in [0.1, 0.15) is 0 Å². The third-order valence-corrected chi connectivity index (χ3v) is 7.52. The number of amides is 2. The predicted molar refractivity (Wildman–Crippen MR) is 125 cm³/mol. The molecule has 2 aromatic rings. The molecule has 0 saturated carbocycles. The monoisotopic (exact) mass is 431 g/mol. The molecule has 168 valence electrons. The second-order valence-electron chi connectivity index (χ2n) is 10.0. The summed E-state index contributed by atoms with van der Waals surface area (Å²) >= 11 is 0. The van der Waals surface area contributed by atoms with Crippen molar-refractivity contribution in [2.24, 2.45) is 11.3 Å². The van der Waals surface area contributed by atoms with Gasteiger partial charge in [0.25, 0.3) is 0 Å². The van der Waals surface area contributed by atoms with Crippen molar-refractivity contribution >= 4 is 11.8 Å². The minimum absolute atomic E-state index is 0.00672. The molecule has 2 amide bonds. The Morgan fingerprint density at radius 2 is 1.56 bits per heavy atom. The lowest BCUT2D eigenvalue weighted by atomic mass is 9.70. The molecule has 32 heavy (non-hydrogen) atoms. The molecule has 0 radical (unpaired) electrons. The molecule has 3 saturated heterocycles. The molecule has 0 bridgehead atoms. The number of hydrogen-bond acceptors (Lipinski definition) is 3. The minimum Gasteiger partial charge on any atom is -0.342 e. The Hall–Kier alpha value is -2.66. The largest absolute Gasteiger partial charge is 0.342 e. The first-order valence-electron chi connectivity index (χ1n) is 11.9. The summed E-state index contributed by atoms with van der Waals surface area (Å²) in [6.07, 6.45) is 2.66. The molecule has 1 atom stereocenters. The number of carbonyl (C=O) groups excluding carboxylic acids is 2. The van der Waals surface area contributed by atoms with E-state index in [0.717, 1.165) is 51.1 Å². The smallest absolute Gasteiger partial charge is 0.227 e. The van der Waals surface area contributed by atoms with Gasteiger partial charge in [-0.05, 0) is 30.9 Å². The molecular formula is C27H33N3O2. The van der Waals surface area contributed by atoms with E-state index in [4.69, 9.17) is 0 Å². The zero-order valence-corrected chi connectivity index (χ0v) is 19.0. The quantitative estimate of drug-likeness (QED) is 0.731. The molecule has 3 heterocycles.